The zero-order chi connectivity index (χ0) is 7.61. The van der Waals surface area contributed by atoms with Crippen LogP contribution in [0.25, 0.3) is 0 Å². The van der Waals surface area contributed by atoms with Gasteiger partial charge in [0.15, 0.2) is 0 Å². The van der Waals surface area contributed by atoms with Crippen LogP contribution in [0, 0.1) is 5.41 Å². The number of hydrogen-bond acceptors (Lipinski definition) is 1. The molecule has 0 aromatic heterocycles. The molecule has 0 aromatic rings. The molecule has 0 aromatic carbocycles. The number of carbonyl (C=O) groups excluding carboxylic acids is 1. The zero-order valence-corrected chi connectivity index (χ0v) is 6.74. The summed E-state index contributed by atoms with van der Waals surface area (Å²) in [7, 11) is 0. The highest BCUT2D eigenvalue weighted by molar-refractivity contribution is 5.81. The van der Waals surface area contributed by atoms with Gasteiger partial charge < -0.3 is 5.32 Å². The van der Waals surface area contributed by atoms with E-state index in [1.807, 2.05) is 13.8 Å². The largest absolute Gasteiger partial charge is 0.356 e. The summed E-state index contributed by atoms with van der Waals surface area (Å²) in [5, 5.41) is 2.90. The average molecular weight is 141 g/mol. The lowest BCUT2D eigenvalue weighted by Crippen LogP contribution is -2.34. The predicted molar refractivity (Wildman–Crippen MR) is 40.6 cm³/mol. The van der Waals surface area contributed by atoms with E-state index in [2.05, 4.69) is 5.32 Å². The van der Waals surface area contributed by atoms with Crippen LogP contribution in [-0.2, 0) is 4.79 Å². The second kappa shape index (κ2) is 2.60. The van der Waals surface area contributed by atoms with E-state index in [1.165, 1.54) is 6.42 Å². The van der Waals surface area contributed by atoms with Gasteiger partial charge in [0, 0.05) is 12.0 Å². The van der Waals surface area contributed by atoms with Crippen molar-refractivity contribution < 1.29 is 4.79 Å². The van der Waals surface area contributed by atoms with Crippen LogP contribution in [0.1, 0.15) is 33.1 Å². The van der Waals surface area contributed by atoms with Crippen LogP contribution >= 0.6 is 0 Å². The minimum Gasteiger partial charge on any atom is -0.356 e. The summed E-state index contributed by atoms with van der Waals surface area (Å²) in [6.07, 6.45) is 3.33. The van der Waals surface area contributed by atoms with Crippen LogP contribution in [0.3, 0.4) is 0 Å². The number of amides is 1. The maximum Gasteiger partial charge on any atom is 0.225 e. The molecule has 10 heavy (non-hydrogen) atoms. The van der Waals surface area contributed by atoms with Gasteiger partial charge in [-0.3, -0.25) is 4.79 Å². The maximum atomic E-state index is 11.2. The Labute approximate surface area is 62.0 Å². The molecule has 0 bridgehead atoms. The summed E-state index contributed by atoms with van der Waals surface area (Å²) < 4.78 is 0. The van der Waals surface area contributed by atoms with E-state index in [1.54, 1.807) is 0 Å². The first kappa shape index (κ1) is 7.58. The SMILES string of the molecule is CC1(C)CCCCNC1=O. The summed E-state index contributed by atoms with van der Waals surface area (Å²) in [6.45, 7) is 4.88. The standard InChI is InChI=1S/C8H15NO/c1-8(2)5-3-4-6-9-7(8)10/h3-6H2,1-2H3,(H,9,10). The van der Waals surface area contributed by atoms with Gasteiger partial charge in [0.25, 0.3) is 0 Å². The highest BCUT2D eigenvalue weighted by atomic mass is 16.2. The van der Waals surface area contributed by atoms with Crippen molar-refractivity contribution in [3.8, 4) is 0 Å². The Morgan fingerprint density at radius 1 is 1.40 bits per heavy atom. The minimum absolute atomic E-state index is 0.128. The van der Waals surface area contributed by atoms with Crippen LogP contribution in [0.4, 0.5) is 0 Å². The molecule has 0 unspecified atom stereocenters. The Morgan fingerprint density at radius 3 is 2.80 bits per heavy atom. The molecule has 0 spiro atoms. The molecule has 0 saturated carbocycles. The second-order valence-corrected chi connectivity index (χ2v) is 3.60. The lowest BCUT2D eigenvalue weighted by molar-refractivity contribution is -0.128. The molecular weight excluding hydrogens is 126 g/mol. The van der Waals surface area contributed by atoms with Crippen LogP contribution in [0.5, 0.6) is 0 Å². The number of carbonyl (C=O) groups is 1. The van der Waals surface area contributed by atoms with Crippen molar-refractivity contribution >= 4 is 5.91 Å². The van der Waals surface area contributed by atoms with Gasteiger partial charge in [0.2, 0.25) is 5.91 Å². The number of hydrogen-bond donors (Lipinski definition) is 1. The highest BCUT2D eigenvalue weighted by Crippen LogP contribution is 2.24. The monoisotopic (exact) mass is 141 g/mol. The molecule has 58 valence electrons. The third-order valence-electron chi connectivity index (χ3n) is 2.13. The van der Waals surface area contributed by atoms with Crippen LogP contribution in [0.2, 0.25) is 0 Å². The molecule has 1 amide bonds. The van der Waals surface area contributed by atoms with Crippen molar-refractivity contribution in [2.45, 2.75) is 33.1 Å². The lowest BCUT2D eigenvalue weighted by atomic mass is 9.87. The van der Waals surface area contributed by atoms with E-state index in [0.717, 1.165) is 19.4 Å². The van der Waals surface area contributed by atoms with Gasteiger partial charge in [-0.05, 0) is 12.8 Å². The Balaban J connectivity index is 2.61. The topological polar surface area (TPSA) is 29.1 Å². The molecule has 1 N–H and O–H groups in total. The first-order valence-corrected chi connectivity index (χ1v) is 3.91. The van der Waals surface area contributed by atoms with Crippen molar-refractivity contribution in [3.63, 3.8) is 0 Å². The summed E-state index contributed by atoms with van der Waals surface area (Å²) in [4.78, 5) is 11.2. The Kier molecular flexibility index (Phi) is 1.97. The van der Waals surface area contributed by atoms with Crippen molar-refractivity contribution in [1.82, 2.24) is 5.32 Å². The Hall–Kier alpha value is -0.530. The van der Waals surface area contributed by atoms with Crippen LogP contribution < -0.4 is 5.32 Å². The van der Waals surface area contributed by atoms with Crippen molar-refractivity contribution in [2.75, 3.05) is 6.54 Å². The van der Waals surface area contributed by atoms with E-state index < -0.39 is 0 Å². The van der Waals surface area contributed by atoms with E-state index in [0.29, 0.717) is 0 Å². The van der Waals surface area contributed by atoms with Gasteiger partial charge in [0.1, 0.15) is 0 Å². The fourth-order valence-electron chi connectivity index (χ4n) is 1.25. The number of rotatable bonds is 0. The van der Waals surface area contributed by atoms with E-state index >= 15 is 0 Å². The lowest BCUT2D eigenvalue weighted by Gasteiger charge is -2.19. The molecule has 1 rings (SSSR count). The van der Waals surface area contributed by atoms with E-state index in [-0.39, 0.29) is 11.3 Å². The molecule has 1 fully saturated rings. The molecule has 1 heterocycles. The van der Waals surface area contributed by atoms with Gasteiger partial charge in [-0.15, -0.1) is 0 Å². The molecule has 2 heteroatoms. The van der Waals surface area contributed by atoms with Crippen LogP contribution in [0.15, 0.2) is 0 Å². The molecule has 0 aliphatic carbocycles. The summed E-state index contributed by atoms with van der Waals surface area (Å²) >= 11 is 0. The van der Waals surface area contributed by atoms with Gasteiger partial charge in [-0.2, -0.15) is 0 Å². The third kappa shape index (κ3) is 1.49. The third-order valence-corrected chi connectivity index (χ3v) is 2.13. The Bertz CT molecular complexity index is 140. The smallest absolute Gasteiger partial charge is 0.225 e. The van der Waals surface area contributed by atoms with Crippen LogP contribution in [-0.4, -0.2) is 12.5 Å². The summed E-state index contributed by atoms with van der Waals surface area (Å²) in [6, 6.07) is 0. The van der Waals surface area contributed by atoms with Crippen molar-refractivity contribution in [2.24, 2.45) is 5.41 Å². The Morgan fingerprint density at radius 2 is 2.10 bits per heavy atom. The van der Waals surface area contributed by atoms with Crippen molar-refractivity contribution in [1.29, 1.82) is 0 Å². The predicted octanol–water partition coefficient (Wildman–Crippen LogP) is 1.31. The molecular formula is C8H15NO. The maximum absolute atomic E-state index is 11.2. The average Bonchev–Trinajstić information content (AvgIpc) is 1.96. The van der Waals surface area contributed by atoms with Gasteiger partial charge in [-0.25, -0.2) is 0 Å². The zero-order valence-electron chi connectivity index (χ0n) is 6.74. The quantitative estimate of drug-likeness (QED) is 0.541. The highest BCUT2D eigenvalue weighted by Gasteiger charge is 2.28. The van der Waals surface area contributed by atoms with Crippen molar-refractivity contribution in [3.05, 3.63) is 0 Å². The molecule has 2 nitrogen and oxygen atoms in total. The first-order valence-electron chi connectivity index (χ1n) is 3.91. The fraction of sp³-hybridized carbons (Fsp3) is 0.875. The normalized spacial score (nSPS) is 25.2. The van der Waals surface area contributed by atoms with E-state index in [4.69, 9.17) is 0 Å². The van der Waals surface area contributed by atoms with E-state index in [9.17, 15) is 4.79 Å². The molecule has 1 saturated heterocycles. The van der Waals surface area contributed by atoms with Gasteiger partial charge in [0.05, 0.1) is 0 Å². The molecule has 0 atom stereocenters. The van der Waals surface area contributed by atoms with Gasteiger partial charge >= 0.3 is 0 Å². The summed E-state index contributed by atoms with van der Waals surface area (Å²) in [5.41, 5.74) is -0.128. The first-order chi connectivity index (χ1) is 4.63. The fourth-order valence-corrected chi connectivity index (χ4v) is 1.25. The molecule has 1 aliphatic rings. The molecule has 1 aliphatic heterocycles. The summed E-state index contributed by atoms with van der Waals surface area (Å²) in [5.74, 6) is 0.213. The second-order valence-electron chi connectivity index (χ2n) is 3.60. The number of nitrogens with one attached hydrogen (secondary N) is 1. The van der Waals surface area contributed by atoms with Gasteiger partial charge in [-0.1, -0.05) is 20.3 Å². The minimum atomic E-state index is -0.128. The molecule has 0 radical (unpaired) electrons.